The zero-order valence-electron chi connectivity index (χ0n) is 13.2. The predicted octanol–water partition coefficient (Wildman–Crippen LogP) is 3.49. The predicted molar refractivity (Wildman–Crippen MR) is 81.7 cm³/mol. The van der Waals surface area contributed by atoms with E-state index in [9.17, 15) is 4.79 Å². The van der Waals surface area contributed by atoms with Gasteiger partial charge in [0.1, 0.15) is 17.3 Å². The van der Waals surface area contributed by atoms with Gasteiger partial charge in [0.15, 0.2) is 0 Å². The Labute approximate surface area is 125 Å². The number of carbonyl (C=O) groups is 1. The molecule has 112 valence electrons. The molecule has 21 heavy (non-hydrogen) atoms. The molecule has 1 amide bonds. The van der Waals surface area contributed by atoms with Crippen LogP contribution in [0.5, 0.6) is 5.75 Å². The second kappa shape index (κ2) is 6.04. The van der Waals surface area contributed by atoms with E-state index in [0.29, 0.717) is 17.9 Å². The van der Waals surface area contributed by atoms with Crippen molar-refractivity contribution in [2.75, 3.05) is 14.2 Å². The van der Waals surface area contributed by atoms with Gasteiger partial charge < -0.3 is 14.1 Å². The molecule has 0 saturated carbocycles. The molecule has 0 aliphatic heterocycles. The Morgan fingerprint density at radius 1 is 1.24 bits per heavy atom. The molecule has 2 aromatic rings. The van der Waals surface area contributed by atoms with Gasteiger partial charge in [0.05, 0.1) is 12.7 Å². The molecule has 0 fully saturated rings. The number of furan rings is 1. The number of methoxy groups -OCH3 is 1. The van der Waals surface area contributed by atoms with Crippen LogP contribution in [0.25, 0.3) is 0 Å². The molecule has 0 aliphatic rings. The summed E-state index contributed by atoms with van der Waals surface area (Å²) in [5, 5.41) is 0. The molecule has 0 atom stereocenters. The smallest absolute Gasteiger partial charge is 0.257 e. The molecule has 0 spiro atoms. The van der Waals surface area contributed by atoms with E-state index in [4.69, 9.17) is 9.15 Å². The van der Waals surface area contributed by atoms with E-state index < -0.39 is 0 Å². The van der Waals surface area contributed by atoms with Crippen molar-refractivity contribution in [1.82, 2.24) is 4.90 Å². The van der Waals surface area contributed by atoms with Gasteiger partial charge in [-0.05, 0) is 32.9 Å². The average molecular weight is 287 g/mol. The highest BCUT2D eigenvalue weighted by molar-refractivity contribution is 5.95. The summed E-state index contributed by atoms with van der Waals surface area (Å²) in [6.45, 7) is 6.16. The molecule has 2 rings (SSSR count). The average Bonchev–Trinajstić information content (AvgIpc) is 2.77. The minimum Gasteiger partial charge on any atom is -0.496 e. The Morgan fingerprint density at radius 2 is 1.95 bits per heavy atom. The first-order chi connectivity index (χ1) is 9.92. The number of nitrogens with zero attached hydrogens (tertiary/aromatic N) is 1. The molecular weight excluding hydrogens is 266 g/mol. The number of benzene rings is 1. The van der Waals surface area contributed by atoms with Crippen LogP contribution in [0.3, 0.4) is 0 Å². The van der Waals surface area contributed by atoms with Gasteiger partial charge in [-0.3, -0.25) is 4.79 Å². The minimum absolute atomic E-state index is 0.0482. The fourth-order valence-electron chi connectivity index (χ4n) is 2.41. The molecule has 0 radical (unpaired) electrons. The number of aryl methyl sites for hydroxylation is 3. The van der Waals surface area contributed by atoms with Crippen LogP contribution in [0, 0.1) is 20.8 Å². The van der Waals surface area contributed by atoms with Crippen LogP contribution in [-0.4, -0.2) is 25.0 Å². The quantitative estimate of drug-likeness (QED) is 0.864. The molecule has 4 nitrogen and oxygen atoms in total. The molecular formula is C17H21NO3. The summed E-state index contributed by atoms with van der Waals surface area (Å²) in [5.41, 5.74) is 2.75. The Morgan fingerprint density at radius 3 is 2.52 bits per heavy atom. The van der Waals surface area contributed by atoms with Gasteiger partial charge in [-0.2, -0.15) is 0 Å². The summed E-state index contributed by atoms with van der Waals surface area (Å²) < 4.78 is 10.8. The van der Waals surface area contributed by atoms with Crippen molar-refractivity contribution in [2.24, 2.45) is 0 Å². The number of amides is 1. The molecule has 1 aromatic carbocycles. The molecule has 1 aromatic heterocycles. The van der Waals surface area contributed by atoms with E-state index in [0.717, 1.165) is 22.6 Å². The minimum atomic E-state index is -0.0482. The molecule has 0 unspecified atom stereocenters. The van der Waals surface area contributed by atoms with Gasteiger partial charge in [0.25, 0.3) is 5.91 Å². The first-order valence-electron chi connectivity index (χ1n) is 6.88. The summed E-state index contributed by atoms with van der Waals surface area (Å²) >= 11 is 0. The van der Waals surface area contributed by atoms with Crippen molar-refractivity contribution in [2.45, 2.75) is 27.3 Å². The molecule has 0 aliphatic carbocycles. The number of carbonyl (C=O) groups excluding carboxylic acids is 1. The lowest BCUT2D eigenvalue weighted by Crippen LogP contribution is -2.26. The standard InChI is InChI=1S/C17H21NO3/c1-11-6-7-16(20-5)14(8-11)10-18(4)17(19)15-9-12(2)21-13(15)3/h6-9H,10H2,1-5H3. The van der Waals surface area contributed by atoms with Crippen molar-refractivity contribution in [3.8, 4) is 5.75 Å². The summed E-state index contributed by atoms with van der Waals surface area (Å²) in [4.78, 5) is 14.2. The van der Waals surface area contributed by atoms with E-state index >= 15 is 0 Å². The molecule has 1 heterocycles. The highest BCUT2D eigenvalue weighted by Gasteiger charge is 2.18. The van der Waals surface area contributed by atoms with Crippen molar-refractivity contribution in [3.63, 3.8) is 0 Å². The second-order valence-electron chi connectivity index (χ2n) is 5.30. The van der Waals surface area contributed by atoms with Gasteiger partial charge >= 0.3 is 0 Å². The second-order valence-corrected chi connectivity index (χ2v) is 5.30. The van der Waals surface area contributed by atoms with Crippen LogP contribution >= 0.6 is 0 Å². The normalized spacial score (nSPS) is 10.5. The first kappa shape index (κ1) is 15.2. The zero-order valence-corrected chi connectivity index (χ0v) is 13.2. The lowest BCUT2D eigenvalue weighted by Gasteiger charge is -2.19. The summed E-state index contributed by atoms with van der Waals surface area (Å²) in [5.74, 6) is 2.14. The lowest BCUT2D eigenvalue weighted by molar-refractivity contribution is 0.0782. The van der Waals surface area contributed by atoms with Crippen LogP contribution < -0.4 is 4.74 Å². The van der Waals surface area contributed by atoms with Crippen LogP contribution in [-0.2, 0) is 6.54 Å². The van der Waals surface area contributed by atoms with Crippen molar-refractivity contribution >= 4 is 5.91 Å². The lowest BCUT2D eigenvalue weighted by atomic mass is 10.1. The van der Waals surface area contributed by atoms with E-state index in [1.807, 2.05) is 32.0 Å². The SMILES string of the molecule is COc1ccc(C)cc1CN(C)C(=O)c1cc(C)oc1C. The van der Waals surface area contributed by atoms with Crippen molar-refractivity contribution < 1.29 is 13.9 Å². The van der Waals surface area contributed by atoms with E-state index in [-0.39, 0.29) is 5.91 Å². The Balaban J connectivity index is 2.21. The van der Waals surface area contributed by atoms with E-state index in [2.05, 4.69) is 0 Å². The molecule has 0 N–H and O–H groups in total. The maximum Gasteiger partial charge on any atom is 0.257 e. The highest BCUT2D eigenvalue weighted by Crippen LogP contribution is 2.22. The van der Waals surface area contributed by atoms with Crippen LogP contribution in [0.15, 0.2) is 28.7 Å². The Hall–Kier alpha value is -2.23. The van der Waals surface area contributed by atoms with Crippen molar-refractivity contribution in [1.29, 1.82) is 0 Å². The maximum absolute atomic E-state index is 12.5. The van der Waals surface area contributed by atoms with Crippen LogP contribution in [0.2, 0.25) is 0 Å². The zero-order chi connectivity index (χ0) is 15.6. The number of ether oxygens (including phenoxy) is 1. The van der Waals surface area contributed by atoms with Gasteiger partial charge in [0.2, 0.25) is 0 Å². The third-order valence-corrected chi connectivity index (χ3v) is 3.46. The monoisotopic (exact) mass is 287 g/mol. The van der Waals surface area contributed by atoms with Gasteiger partial charge in [-0.25, -0.2) is 0 Å². The largest absolute Gasteiger partial charge is 0.496 e. The third kappa shape index (κ3) is 3.27. The fourth-order valence-corrected chi connectivity index (χ4v) is 2.41. The van der Waals surface area contributed by atoms with Gasteiger partial charge in [0, 0.05) is 19.2 Å². The maximum atomic E-state index is 12.5. The van der Waals surface area contributed by atoms with E-state index in [1.165, 1.54) is 0 Å². The summed E-state index contributed by atoms with van der Waals surface area (Å²) in [6, 6.07) is 7.74. The first-order valence-corrected chi connectivity index (χ1v) is 6.88. The molecule has 0 bridgehead atoms. The Kier molecular flexibility index (Phi) is 4.36. The number of hydrogen-bond donors (Lipinski definition) is 0. The Bertz CT molecular complexity index is 658. The fraction of sp³-hybridized carbons (Fsp3) is 0.353. The summed E-state index contributed by atoms with van der Waals surface area (Å²) in [6.07, 6.45) is 0. The summed E-state index contributed by atoms with van der Waals surface area (Å²) in [7, 11) is 3.42. The highest BCUT2D eigenvalue weighted by atomic mass is 16.5. The van der Waals surface area contributed by atoms with Crippen LogP contribution in [0.4, 0.5) is 0 Å². The van der Waals surface area contributed by atoms with E-state index in [1.54, 1.807) is 32.0 Å². The molecule has 0 saturated heterocycles. The van der Waals surface area contributed by atoms with Gasteiger partial charge in [-0.15, -0.1) is 0 Å². The third-order valence-electron chi connectivity index (χ3n) is 3.46. The topological polar surface area (TPSA) is 42.7 Å². The van der Waals surface area contributed by atoms with Crippen LogP contribution in [0.1, 0.15) is 33.0 Å². The molecule has 4 heteroatoms. The number of rotatable bonds is 4. The van der Waals surface area contributed by atoms with Gasteiger partial charge in [-0.1, -0.05) is 17.7 Å². The number of hydrogen-bond acceptors (Lipinski definition) is 3. The van der Waals surface area contributed by atoms with Crippen molar-refractivity contribution in [3.05, 3.63) is 52.5 Å².